The van der Waals surface area contributed by atoms with Crippen LogP contribution in [-0.4, -0.2) is 77.8 Å². The first-order valence-electron chi connectivity index (χ1n) is 2.81. The van der Waals surface area contributed by atoms with Gasteiger partial charge in [-0.3, -0.25) is 0 Å². The van der Waals surface area contributed by atoms with E-state index in [-0.39, 0.29) is 52.8 Å². The Kier molecular flexibility index (Phi) is 19.7. The Labute approximate surface area is 110 Å². The van der Waals surface area contributed by atoms with Gasteiger partial charge in [0, 0.05) is 59.4 Å². The summed E-state index contributed by atoms with van der Waals surface area (Å²) in [7, 11) is -4.64. The van der Waals surface area contributed by atoms with Crippen molar-refractivity contribution >= 4 is 59.2 Å². The van der Waals surface area contributed by atoms with Crippen LogP contribution in [0.25, 0.3) is 0 Å². The first kappa shape index (κ1) is 18.5. The summed E-state index contributed by atoms with van der Waals surface area (Å²) in [4.78, 5) is 21.6. The number of aliphatic hydroxyl groups excluding tert-OH is 1. The zero-order valence-corrected chi connectivity index (χ0v) is 10.8. The zero-order valence-electron chi connectivity index (χ0n) is 6.77. The van der Waals surface area contributed by atoms with Crippen molar-refractivity contribution in [3.8, 4) is 0 Å². The minimum absolute atomic E-state index is 0. The molecule has 0 spiro atoms. The van der Waals surface area contributed by atoms with Gasteiger partial charge in [-0.1, -0.05) is 13.3 Å². The first-order valence-corrected chi connectivity index (χ1v) is 4.37. The normalized spacial score (nSPS) is 9.18. The zero-order chi connectivity index (χ0) is 8.62. The Bertz CT molecular complexity index is 97.4. The van der Waals surface area contributed by atoms with E-state index in [0.717, 1.165) is 12.8 Å². The van der Waals surface area contributed by atoms with E-state index >= 15 is 0 Å². The largest absolute Gasteiger partial charge is 0.466 e. The summed E-state index contributed by atoms with van der Waals surface area (Å²) in [6, 6.07) is 0. The Morgan fingerprint density at radius 1 is 1.36 bits per heavy atom. The van der Waals surface area contributed by atoms with Gasteiger partial charge >= 0.3 is 7.82 Å². The van der Waals surface area contributed by atoms with E-state index in [4.69, 9.17) is 24.4 Å². The van der Waals surface area contributed by atoms with Gasteiger partial charge in [-0.2, -0.15) is 0 Å². The Morgan fingerprint density at radius 2 is 1.64 bits per heavy atom. The van der Waals surface area contributed by atoms with Gasteiger partial charge < -0.3 is 19.8 Å². The average molecular weight is 213 g/mol. The molecule has 0 bridgehead atoms. The van der Waals surface area contributed by atoms with Crippen molar-refractivity contribution in [2.45, 2.75) is 19.8 Å². The summed E-state index contributed by atoms with van der Waals surface area (Å²) in [5, 5.41) is 8.07. The molecule has 0 unspecified atom stereocenters. The predicted octanol–water partition coefficient (Wildman–Crippen LogP) is -0.285. The Balaban J connectivity index is -0.0000000457. The third-order valence-corrected chi connectivity index (χ3v) is 0.512. The molecule has 7 heteroatoms. The van der Waals surface area contributed by atoms with E-state index in [2.05, 4.69) is 6.92 Å². The third-order valence-electron chi connectivity index (χ3n) is 0.512. The second-order valence-corrected chi connectivity index (χ2v) is 2.62. The van der Waals surface area contributed by atoms with Crippen LogP contribution < -0.4 is 0 Å². The first-order chi connectivity index (χ1) is 4.41. The van der Waals surface area contributed by atoms with Crippen LogP contribution >= 0.6 is 7.82 Å². The molecule has 0 aromatic carbocycles. The number of hydrogen-bond donors (Lipinski definition) is 4. The molecule has 0 fully saturated rings. The molecule has 67 valence electrons. The quantitative estimate of drug-likeness (QED) is 0.373. The van der Waals surface area contributed by atoms with E-state index in [1.807, 2.05) is 0 Å². The van der Waals surface area contributed by atoms with Crippen LogP contribution in [0.5, 0.6) is 0 Å². The fourth-order valence-corrected chi connectivity index (χ4v) is 0.158. The van der Waals surface area contributed by atoms with Gasteiger partial charge in [0.1, 0.15) is 0 Å². The van der Waals surface area contributed by atoms with Gasteiger partial charge in [0.05, 0.1) is 0 Å². The number of phosphoric acid groups is 1. The second-order valence-electron chi connectivity index (χ2n) is 1.59. The number of aliphatic hydroxyl groups is 1. The molecule has 0 aromatic rings. The predicted molar refractivity (Wildman–Crippen MR) is 44.1 cm³/mol. The van der Waals surface area contributed by atoms with Gasteiger partial charge in [0.2, 0.25) is 0 Å². The molecule has 0 aliphatic heterocycles. The molecule has 0 amide bonds. The van der Waals surface area contributed by atoms with Crippen molar-refractivity contribution in [1.82, 2.24) is 0 Å². The third kappa shape index (κ3) is 80.3. The summed E-state index contributed by atoms with van der Waals surface area (Å²) in [5.41, 5.74) is 0. The average Bonchev–Trinajstić information content (AvgIpc) is 1.63. The van der Waals surface area contributed by atoms with Crippen molar-refractivity contribution in [2.24, 2.45) is 0 Å². The molecule has 0 heterocycles. The summed E-state index contributed by atoms with van der Waals surface area (Å²) >= 11 is 0. The van der Waals surface area contributed by atoms with Crippen LogP contribution in [-0.2, 0) is 4.57 Å². The maximum atomic E-state index is 8.88. The monoisotopic (exact) mass is 213 g/mol. The van der Waals surface area contributed by atoms with E-state index < -0.39 is 7.82 Å². The Hall–Kier alpha value is 1.71. The summed E-state index contributed by atoms with van der Waals surface area (Å²) in [6.07, 6.45) is 2.04. The summed E-state index contributed by atoms with van der Waals surface area (Å²) in [6.45, 7) is 2.40. The van der Waals surface area contributed by atoms with E-state index in [9.17, 15) is 0 Å². The number of unbranched alkanes of at least 4 members (excludes halogenated alkanes) is 1. The number of hydrogen-bond acceptors (Lipinski definition) is 2. The molecule has 0 saturated heterocycles. The van der Waals surface area contributed by atoms with Crippen molar-refractivity contribution in [2.75, 3.05) is 6.61 Å². The van der Waals surface area contributed by atoms with Crippen LogP contribution in [0.3, 0.4) is 0 Å². The summed E-state index contributed by atoms with van der Waals surface area (Å²) < 4.78 is 8.88. The number of rotatable bonds is 2. The topological polar surface area (TPSA) is 98.0 Å². The van der Waals surface area contributed by atoms with Gasteiger partial charge in [-0.25, -0.2) is 4.57 Å². The standard InChI is InChI=1S/C4H10O.K.H3O4P.H2/c1-2-3-4-5;;1-5(2,3)4;/h5H,2-4H2,1H3;;(H3,1,2,3,4);1H. The Morgan fingerprint density at radius 3 is 1.64 bits per heavy atom. The van der Waals surface area contributed by atoms with Gasteiger partial charge in [0.15, 0.2) is 0 Å². The molecule has 0 aromatic heterocycles. The molecule has 0 aliphatic rings. The smallest absolute Gasteiger partial charge is 0.396 e. The molecular formula is C4H15KO5P. The van der Waals surface area contributed by atoms with Crippen LogP contribution in [0.4, 0.5) is 0 Å². The molecule has 11 heavy (non-hydrogen) atoms. The van der Waals surface area contributed by atoms with Crippen molar-refractivity contribution < 1.29 is 25.8 Å². The van der Waals surface area contributed by atoms with Gasteiger partial charge in [-0.15, -0.1) is 0 Å². The fraction of sp³-hybridized carbons (Fsp3) is 1.00. The van der Waals surface area contributed by atoms with E-state index in [1.54, 1.807) is 0 Å². The molecular weight excluding hydrogens is 198 g/mol. The minimum Gasteiger partial charge on any atom is -0.396 e. The van der Waals surface area contributed by atoms with Crippen LogP contribution in [0, 0.1) is 0 Å². The summed E-state index contributed by atoms with van der Waals surface area (Å²) in [5.74, 6) is 0. The second kappa shape index (κ2) is 11.7. The minimum atomic E-state index is -4.64. The SMILES string of the molecule is CCCCO.O=P(O)(O)O.[HH].[K]. The molecule has 5 nitrogen and oxygen atoms in total. The van der Waals surface area contributed by atoms with Gasteiger partial charge in [-0.05, 0) is 6.42 Å². The van der Waals surface area contributed by atoms with E-state index in [1.165, 1.54) is 0 Å². The molecule has 4 N–H and O–H groups in total. The van der Waals surface area contributed by atoms with Gasteiger partial charge in [0.25, 0.3) is 0 Å². The molecule has 0 aliphatic carbocycles. The van der Waals surface area contributed by atoms with Crippen molar-refractivity contribution in [1.29, 1.82) is 0 Å². The van der Waals surface area contributed by atoms with E-state index in [0.29, 0.717) is 6.61 Å². The maximum Gasteiger partial charge on any atom is 0.466 e. The van der Waals surface area contributed by atoms with Crippen LogP contribution in [0.2, 0.25) is 0 Å². The van der Waals surface area contributed by atoms with Crippen LogP contribution in [0.15, 0.2) is 0 Å². The molecule has 0 rings (SSSR count). The van der Waals surface area contributed by atoms with Crippen molar-refractivity contribution in [3.05, 3.63) is 0 Å². The molecule has 0 atom stereocenters. The molecule has 0 saturated carbocycles. The maximum absolute atomic E-state index is 8.88. The van der Waals surface area contributed by atoms with Crippen LogP contribution in [0.1, 0.15) is 21.2 Å². The fourth-order valence-electron chi connectivity index (χ4n) is 0.158. The van der Waals surface area contributed by atoms with Crippen molar-refractivity contribution in [3.63, 3.8) is 0 Å². The molecule has 1 radical (unpaired) electrons.